The summed E-state index contributed by atoms with van der Waals surface area (Å²) in [6.07, 6.45) is 3.70. The summed E-state index contributed by atoms with van der Waals surface area (Å²) in [4.78, 5) is 17.8. The minimum absolute atomic E-state index is 0.0724. The SMILES string of the molecule is O=C(CN(CCO)C1CC1)Nc1ccc(Cl)cn1. The molecule has 5 nitrogen and oxygen atoms in total. The average Bonchev–Trinajstić information content (AvgIpc) is 3.16. The lowest BCUT2D eigenvalue weighted by Gasteiger charge is -2.19. The summed E-state index contributed by atoms with van der Waals surface area (Å²) in [7, 11) is 0. The molecule has 1 aliphatic rings. The molecule has 2 N–H and O–H groups in total. The van der Waals surface area contributed by atoms with E-state index in [1.807, 2.05) is 4.90 Å². The van der Waals surface area contributed by atoms with Gasteiger partial charge in [0.05, 0.1) is 18.2 Å². The molecule has 1 aromatic rings. The van der Waals surface area contributed by atoms with Gasteiger partial charge in [0, 0.05) is 18.8 Å². The minimum atomic E-state index is -0.120. The molecule has 2 rings (SSSR count). The van der Waals surface area contributed by atoms with Gasteiger partial charge in [-0.25, -0.2) is 4.98 Å². The van der Waals surface area contributed by atoms with Crippen LogP contribution in [-0.4, -0.2) is 46.6 Å². The number of pyridine rings is 1. The van der Waals surface area contributed by atoms with E-state index in [1.165, 1.54) is 6.20 Å². The fraction of sp³-hybridized carbons (Fsp3) is 0.500. The number of carbonyl (C=O) groups is 1. The van der Waals surface area contributed by atoms with Crippen molar-refractivity contribution in [2.24, 2.45) is 0 Å². The maximum absolute atomic E-state index is 11.8. The third-order valence-corrected chi connectivity index (χ3v) is 3.02. The Hall–Kier alpha value is -1.17. The van der Waals surface area contributed by atoms with Crippen molar-refractivity contribution < 1.29 is 9.90 Å². The zero-order valence-electron chi connectivity index (χ0n) is 9.97. The van der Waals surface area contributed by atoms with Gasteiger partial charge in [-0.3, -0.25) is 9.69 Å². The number of hydrogen-bond donors (Lipinski definition) is 2. The fourth-order valence-corrected chi connectivity index (χ4v) is 1.89. The summed E-state index contributed by atoms with van der Waals surface area (Å²) in [6.45, 7) is 0.893. The Labute approximate surface area is 111 Å². The van der Waals surface area contributed by atoms with Crippen molar-refractivity contribution in [3.8, 4) is 0 Å². The summed E-state index contributed by atoms with van der Waals surface area (Å²) in [5.41, 5.74) is 0. The van der Waals surface area contributed by atoms with Crippen molar-refractivity contribution in [3.05, 3.63) is 23.4 Å². The van der Waals surface area contributed by atoms with Crippen molar-refractivity contribution >= 4 is 23.3 Å². The first-order chi connectivity index (χ1) is 8.69. The summed E-state index contributed by atoms with van der Waals surface area (Å²) in [5, 5.41) is 12.2. The Bertz CT molecular complexity index is 406. The average molecular weight is 270 g/mol. The standard InChI is InChI=1S/C12H16ClN3O2/c13-9-1-4-11(14-7-9)15-12(18)8-16(5-6-17)10-2-3-10/h1,4,7,10,17H,2-3,5-6,8H2,(H,14,15,18). The molecular weight excluding hydrogens is 254 g/mol. The number of aliphatic hydroxyl groups is 1. The van der Waals surface area contributed by atoms with Crippen LogP contribution in [0, 0.1) is 0 Å². The summed E-state index contributed by atoms with van der Waals surface area (Å²) < 4.78 is 0. The maximum atomic E-state index is 11.8. The van der Waals surface area contributed by atoms with Crippen molar-refractivity contribution in [1.29, 1.82) is 0 Å². The number of nitrogens with one attached hydrogen (secondary N) is 1. The second-order valence-corrected chi connectivity index (χ2v) is 4.77. The van der Waals surface area contributed by atoms with Crippen LogP contribution in [0.4, 0.5) is 5.82 Å². The number of hydrogen-bond acceptors (Lipinski definition) is 4. The van der Waals surface area contributed by atoms with Gasteiger partial charge in [0.2, 0.25) is 5.91 Å². The van der Waals surface area contributed by atoms with Crippen molar-refractivity contribution in [2.45, 2.75) is 18.9 Å². The van der Waals surface area contributed by atoms with Crippen LogP contribution in [0.15, 0.2) is 18.3 Å². The molecule has 18 heavy (non-hydrogen) atoms. The summed E-state index contributed by atoms with van der Waals surface area (Å²) >= 11 is 5.71. The molecule has 0 radical (unpaired) electrons. The molecule has 98 valence electrons. The number of halogens is 1. The lowest BCUT2D eigenvalue weighted by atomic mass is 10.4. The van der Waals surface area contributed by atoms with Gasteiger partial charge in [-0.05, 0) is 25.0 Å². The number of anilines is 1. The molecule has 0 saturated heterocycles. The summed E-state index contributed by atoms with van der Waals surface area (Å²) in [5.74, 6) is 0.370. The predicted molar refractivity (Wildman–Crippen MR) is 69.6 cm³/mol. The molecule has 1 heterocycles. The van der Waals surface area contributed by atoms with Gasteiger partial charge in [-0.2, -0.15) is 0 Å². The Morgan fingerprint density at radius 1 is 1.56 bits per heavy atom. The Morgan fingerprint density at radius 3 is 2.89 bits per heavy atom. The second-order valence-electron chi connectivity index (χ2n) is 4.34. The molecule has 1 saturated carbocycles. The highest BCUT2D eigenvalue weighted by atomic mass is 35.5. The normalized spacial score (nSPS) is 14.8. The van der Waals surface area contributed by atoms with Gasteiger partial charge in [0.1, 0.15) is 5.82 Å². The molecule has 6 heteroatoms. The molecule has 1 fully saturated rings. The second kappa shape index (κ2) is 6.13. The molecule has 1 aliphatic carbocycles. The number of carbonyl (C=O) groups excluding carboxylic acids is 1. The van der Waals surface area contributed by atoms with Gasteiger partial charge in [-0.1, -0.05) is 11.6 Å². The highest BCUT2D eigenvalue weighted by Gasteiger charge is 2.29. The minimum Gasteiger partial charge on any atom is -0.395 e. The fourth-order valence-electron chi connectivity index (χ4n) is 1.78. The van der Waals surface area contributed by atoms with Crippen LogP contribution in [0.2, 0.25) is 5.02 Å². The Morgan fingerprint density at radius 2 is 2.33 bits per heavy atom. The summed E-state index contributed by atoms with van der Waals surface area (Å²) in [6, 6.07) is 3.78. The third kappa shape index (κ3) is 3.94. The van der Waals surface area contributed by atoms with Gasteiger partial charge in [-0.15, -0.1) is 0 Å². The van der Waals surface area contributed by atoms with Crippen LogP contribution in [0.1, 0.15) is 12.8 Å². The third-order valence-electron chi connectivity index (χ3n) is 2.79. The van der Waals surface area contributed by atoms with Crippen LogP contribution in [0.3, 0.4) is 0 Å². The largest absolute Gasteiger partial charge is 0.395 e. The molecule has 0 atom stereocenters. The van der Waals surface area contributed by atoms with Crippen LogP contribution in [0.5, 0.6) is 0 Å². The van der Waals surface area contributed by atoms with E-state index < -0.39 is 0 Å². The molecule has 1 aromatic heterocycles. The quantitative estimate of drug-likeness (QED) is 0.813. The lowest BCUT2D eigenvalue weighted by molar-refractivity contribution is -0.117. The zero-order valence-corrected chi connectivity index (χ0v) is 10.7. The monoisotopic (exact) mass is 269 g/mol. The van der Waals surface area contributed by atoms with E-state index in [0.717, 1.165) is 12.8 Å². The molecule has 1 amide bonds. The maximum Gasteiger partial charge on any atom is 0.239 e. The predicted octanol–water partition coefficient (Wildman–Crippen LogP) is 1.13. The van der Waals surface area contributed by atoms with E-state index in [2.05, 4.69) is 10.3 Å². The molecule has 0 spiro atoms. The van der Waals surface area contributed by atoms with Crippen LogP contribution in [0.25, 0.3) is 0 Å². The van der Waals surface area contributed by atoms with E-state index in [9.17, 15) is 4.79 Å². The topological polar surface area (TPSA) is 65.5 Å². The van der Waals surface area contributed by atoms with Gasteiger partial charge in [0.25, 0.3) is 0 Å². The highest BCUT2D eigenvalue weighted by Crippen LogP contribution is 2.26. The molecule has 0 aliphatic heterocycles. The van der Waals surface area contributed by atoms with Gasteiger partial charge >= 0.3 is 0 Å². The number of nitrogens with zero attached hydrogens (tertiary/aromatic N) is 2. The van der Waals surface area contributed by atoms with E-state index in [1.54, 1.807) is 12.1 Å². The van der Waals surface area contributed by atoms with Gasteiger partial charge in [0.15, 0.2) is 0 Å². The first-order valence-corrected chi connectivity index (χ1v) is 6.33. The number of amides is 1. The van der Waals surface area contributed by atoms with Crippen LogP contribution in [-0.2, 0) is 4.79 Å². The van der Waals surface area contributed by atoms with Crippen LogP contribution < -0.4 is 5.32 Å². The van der Waals surface area contributed by atoms with E-state index in [0.29, 0.717) is 23.4 Å². The van der Waals surface area contributed by atoms with Gasteiger partial charge < -0.3 is 10.4 Å². The van der Waals surface area contributed by atoms with E-state index in [-0.39, 0.29) is 19.1 Å². The molecule has 0 unspecified atom stereocenters. The number of rotatable bonds is 6. The molecule has 0 bridgehead atoms. The highest BCUT2D eigenvalue weighted by molar-refractivity contribution is 6.30. The number of aliphatic hydroxyl groups excluding tert-OH is 1. The van der Waals surface area contributed by atoms with Crippen molar-refractivity contribution in [2.75, 3.05) is 25.0 Å². The Balaban J connectivity index is 1.85. The lowest BCUT2D eigenvalue weighted by Crippen LogP contribution is -2.36. The first kappa shape index (κ1) is 13.3. The first-order valence-electron chi connectivity index (χ1n) is 5.95. The van der Waals surface area contributed by atoms with Crippen LogP contribution >= 0.6 is 11.6 Å². The Kier molecular flexibility index (Phi) is 4.52. The van der Waals surface area contributed by atoms with E-state index in [4.69, 9.17) is 16.7 Å². The van der Waals surface area contributed by atoms with Crippen molar-refractivity contribution in [3.63, 3.8) is 0 Å². The number of aromatic nitrogens is 1. The molecular formula is C12H16ClN3O2. The van der Waals surface area contributed by atoms with Crippen molar-refractivity contribution in [1.82, 2.24) is 9.88 Å². The zero-order chi connectivity index (χ0) is 13.0. The smallest absolute Gasteiger partial charge is 0.239 e. The van der Waals surface area contributed by atoms with E-state index >= 15 is 0 Å². The molecule has 0 aromatic carbocycles.